The van der Waals surface area contributed by atoms with E-state index >= 15 is 0 Å². The van der Waals surface area contributed by atoms with Gasteiger partial charge in [-0.2, -0.15) is 0 Å². The van der Waals surface area contributed by atoms with Crippen molar-refractivity contribution in [2.75, 3.05) is 20.3 Å². The molecule has 1 rings (SSSR count). The van der Waals surface area contributed by atoms with Crippen LogP contribution in [0.1, 0.15) is 43.9 Å². The maximum absolute atomic E-state index is 14.1. The third-order valence-corrected chi connectivity index (χ3v) is 3.45. The number of nitrogens with one attached hydrogen (secondary N) is 1. The molecule has 1 aromatic rings. The van der Waals surface area contributed by atoms with Gasteiger partial charge in [0, 0.05) is 25.3 Å². The van der Waals surface area contributed by atoms with Gasteiger partial charge in [0.15, 0.2) is 0 Å². The number of hydrogen-bond donors (Lipinski definition) is 1. The predicted molar refractivity (Wildman–Crippen MR) is 77.8 cm³/mol. The van der Waals surface area contributed by atoms with E-state index in [9.17, 15) is 4.39 Å². The smallest absolute Gasteiger partial charge is 0.128 e. The lowest BCUT2D eigenvalue weighted by Gasteiger charge is -2.26. The van der Waals surface area contributed by atoms with Gasteiger partial charge < -0.3 is 10.1 Å². The second-order valence-electron chi connectivity index (χ2n) is 5.22. The number of halogens is 1. The van der Waals surface area contributed by atoms with Crippen LogP contribution in [0.15, 0.2) is 18.2 Å². The standard InChI is InChI=1S/C16H26FNO/c1-5-9-18-16(13(3)8-10-19-4)14-7-6-12(2)11-15(14)17/h6-7,11,13,16,18H,5,8-10H2,1-4H3. The highest BCUT2D eigenvalue weighted by Gasteiger charge is 2.21. The quantitative estimate of drug-likeness (QED) is 0.772. The van der Waals surface area contributed by atoms with Gasteiger partial charge in [0.2, 0.25) is 0 Å². The van der Waals surface area contributed by atoms with Gasteiger partial charge >= 0.3 is 0 Å². The maximum atomic E-state index is 14.1. The Morgan fingerprint density at radius 2 is 2.11 bits per heavy atom. The highest BCUT2D eigenvalue weighted by molar-refractivity contribution is 5.26. The molecule has 0 spiro atoms. The van der Waals surface area contributed by atoms with E-state index in [0.717, 1.165) is 30.5 Å². The van der Waals surface area contributed by atoms with E-state index in [1.807, 2.05) is 19.1 Å². The molecule has 0 radical (unpaired) electrons. The minimum Gasteiger partial charge on any atom is -0.385 e. The van der Waals surface area contributed by atoms with Crippen molar-refractivity contribution < 1.29 is 9.13 Å². The molecule has 1 N–H and O–H groups in total. The van der Waals surface area contributed by atoms with Gasteiger partial charge in [0.1, 0.15) is 5.82 Å². The summed E-state index contributed by atoms with van der Waals surface area (Å²) in [6, 6.07) is 5.54. The molecule has 0 aromatic heterocycles. The number of hydrogen-bond acceptors (Lipinski definition) is 2. The van der Waals surface area contributed by atoms with Crippen molar-refractivity contribution in [3.05, 3.63) is 35.1 Å². The average Bonchev–Trinajstić information content (AvgIpc) is 2.38. The molecule has 0 fully saturated rings. The van der Waals surface area contributed by atoms with Crippen molar-refractivity contribution in [3.8, 4) is 0 Å². The molecule has 108 valence electrons. The molecule has 0 aliphatic heterocycles. The van der Waals surface area contributed by atoms with Gasteiger partial charge in [-0.25, -0.2) is 4.39 Å². The van der Waals surface area contributed by atoms with Crippen molar-refractivity contribution in [3.63, 3.8) is 0 Å². The second-order valence-corrected chi connectivity index (χ2v) is 5.22. The molecule has 2 nitrogen and oxygen atoms in total. The molecular weight excluding hydrogens is 241 g/mol. The van der Waals surface area contributed by atoms with Crippen molar-refractivity contribution in [2.24, 2.45) is 5.92 Å². The fraction of sp³-hybridized carbons (Fsp3) is 0.625. The Kier molecular flexibility index (Phi) is 7.03. The third kappa shape index (κ3) is 4.92. The molecule has 1 aromatic carbocycles. The number of ether oxygens (including phenoxy) is 1. The summed E-state index contributed by atoms with van der Waals surface area (Å²) in [5.74, 6) is 0.224. The van der Waals surface area contributed by atoms with Crippen LogP contribution in [0.5, 0.6) is 0 Å². The topological polar surface area (TPSA) is 21.3 Å². The zero-order valence-corrected chi connectivity index (χ0v) is 12.5. The van der Waals surface area contributed by atoms with Crippen molar-refractivity contribution >= 4 is 0 Å². The third-order valence-electron chi connectivity index (χ3n) is 3.45. The first-order valence-electron chi connectivity index (χ1n) is 7.08. The van der Waals surface area contributed by atoms with Gasteiger partial charge in [-0.15, -0.1) is 0 Å². The van der Waals surface area contributed by atoms with E-state index in [-0.39, 0.29) is 11.9 Å². The summed E-state index contributed by atoms with van der Waals surface area (Å²) in [6.45, 7) is 7.78. The number of rotatable bonds is 8. The molecule has 0 aliphatic carbocycles. The summed E-state index contributed by atoms with van der Waals surface area (Å²) >= 11 is 0. The fourth-order valence-electron chi connectivity index (χ4n) is 2.27. The zero-order chi connectivity index (χ0) is 14.3. The Bertz CT molecular complexity index is 381. The molecule has 19 heavy (non-hydrogen) atoms. The van der Waals surface area contributed by atoms with E-state index in [2.05, 4.69) is 19.2 Å². The summed E-state index contributed by atoms with van der Waals surface area (Å²) in [7, 11) is 1.70. The summed E-state index contributed by atoms with van der Waals surface area (Å²) in [6.07, 6.45) is 1.96. The minimum absolute atomic E-state index is 0.0516. The van der Waals surface area contributed by atoms with Crippen LogP contribution in [0.3, 0.4) is 0 Å². The normalized spacial score (nSPS) is 14.4. The monoisotopic (exact) mass is 267 g/mol. The van der Waals surface area contributed by atoms with E-state index in [0.29, 0.717) is 12.5 Å². The number of methoxy groups -OCH3 is 1. The van der Waals surface area contributed by atoms with Crippen LogP contribution in [-0.4, -0.2) is 20.3 Å². The first-order valence-corrected chi connectivity index (χ1v) is 7.08. The molecule has 0 aliphatic rings. The molecule has 0 bridgehead atoms. The molecule has 2 unspecified atom stereocenters. The largest absolute Gasteiger partial charge is 0.385 e. The highest BCUT2D eigenvalue weighted by atomic mass is 19.1. The fourth-order valence-corrected chi connectivity index (χ4v) is 2.27. The Balaban J connectivity index is 2.88. The summed E-state index contributed by atoms with van der Waals surface area (Å²) in [4.78, 5) is 0. The van der Waals surface area contributed by atoms with Crippen LogP contribution < -0.4 is 5.32 Å². The van der Waals surface area contributed by atoms with E-state index in [1.54, 1.807) is 13.2 Å². The van der Waals surface area contributed by atoms with E-state index in [4.69, 9.17) is 4.74 Å². The van der Waals surface area contributed by atoms with Crippen LogP contribution >= 0.6 is 0 Å². The minimum atomic E-state index is -0.113. The Hall–Kier alpha value is -0.930. The zero-order valence-electron chi connectivity index (χ0n) is 12.5. The first-order chi connectivity index (χ1) is 9.10. The summed E-state index contributed by atoms with van der Waals surface area (Å²) in [5, 5.41) is 3.46. The van der Waals surface area contributed by atoms with Gasteiger partial charge in [0.25, 0.3) is 0 Å². The summed E-state index contributed by atoms with van der Waals surface area (Å²) < 4.78 is 19.3. The van der Waals surface area contributed by atoms with Crippen LogP contribution in [0.25, 0.3) is 0 Å². The van der Waals surface area contributed by atoms with Gasteiger partial charge in [-0.05, 0) is 43.9 Å². The molecule has 0 saturated heterocycles. The lowest BCUT2D eigenvalue weighted by atomic mass is 9.91. The average molecular weight is 267 g/mol. The second kappa shape index (κ2) is 8.28. The summed E-state index contributed by atoms with van der Waals surface area (Å²) in [5.41, 5.74) is 1.72. The first kappa shape index (κ1) is 16.1. The number of benzene rings is 1. The van der Waals surface area contributed by atoms with Crippen LogP contribution in [0, 0.1) is 18.7 Å². The van der Waals surface area contributed by atoms with Crippen molar-refractivity contribution in [2.45, 2.75) is 39.7 Å². The lowest BCUT2D eigenvalue weighted by Crippen LogP contribution is -2.29. The molecule has 0 heterocycles. The van der Waals surface area contributed by atoms with Gasteiger partial charge in [0.05, 0.1) is 0 Å². The van der Waals surface area contributed by atoms with Crippen molar-refractivity contribution in [1.82, 2.24) is 5.32 Å². The molecule has 0 saturated carbocycles. The SMILES string of the molecule is CCCNC(c1ccc(C)cc1F)C(C)CCOC. The molecule has 2 atom stereocenters. The van der Waals surface area contributed by atoms with Crippen LogP contribution in [0.2, 0.25) is 0 Å². The molecule has 3 heteroatoms. The predicted octanol–water partition coefficient (Wildman–Crippen LogP) is 3.85. The Morgan fingerprint density at radius 1 is 1.37 bits per heavy atom. The van der Waals surface area contributed by atoms with Crippen LogP contribution in [0.4, 0.5) is 4.39 Å². The Labute approximate surface area is 116 Å². The lowest BCUT2D eigenvalue weighted by molar-refractivity contribution is 0.169. The Morgan fingerprint density at radius 3 is 2.68 bits per heavy atom. The molecule has 0 amide bonds. The van der Waals surface area contributed by atoms with Crippen molar-refractivity contribution in [1.29, 1.82) is 0 Å². The van der Waals surface area contributed by atoms with E-state index in [1.165, 1.54) is 0 Å². The number of aryl methyl sites for hydroxylation is 1. The van der Waals surface area contributed by atoms with Gasteiger partial charge in [-0.1, -0.05) is 26.0 Å². The molecular formula is C16H26FNO. The maximum Gasteiger partial charge on any atom is 0.128 e. The highest BCUT2D eigenvalue weighted by Crippen LogP contribution is 2.27. The van der Waals surface area contributed by atoms with Gasteiger partial charge in [-0.3, -0.25) is 0 Å². The van der Waals surface area contributed by atoms with Crippen LogP contribution in [-0.2, 0) is 4.74 Å². The van der Waals surface area contributed by atoms with E-state index < -0.39 is 0 Å².